The molecule has 0 aliphatic carbocycles. The molecule has 1 aliphatic heterocycles. The number of ether oxygens (including phenoxy) is 1. The third-order valence-corrected chi connectivity index (χ3v) is 5.27. The summed E-state index contributed by atoms with van der Waals surface area (Å²) in [5, 5.41) is 15.1. The Morgan fingerprint density at radius 1 is 1.00 bits per heavy atom. The molecule has 0 spiro atoms. The lowest BCUT2D eigenvalue weighted by atomic mass is 10.1. The van der Waals surface area contributed by atoms with Gasteiger partial charge < -0.3 is 4.74 Å². The van der Waals surface area contributed by atoms with Gasteiger partial charge in [-0.25, -0.2) is 0 Å². The van der Waals surface area contributed by atoms with E-state index in [2.05, 4.69) is 17.1 Å². The maximum Gasteiger partial charge on any atom is 0.213 e. The lowest BCUT2D eigenvalue weighted by Crippen LogP contribution is -2.21. The molecule has 0 bridgehead atoms. The topological polar surface area (TPSA) is 52.3 Å². The van der Waals surface area contributed by atoms with Crippen LogP contribution in [0.3, 0.4) is 0 Å². The van der Waals surface area contributed by atoms with E-state index < -0.39 is 0 Å². The number of fused-ring (bicyclic) bond motifs is 1. The molecule has 7 heteroatoms. The van der Waals surface area contributed by atoms with Gasteiger partial charge in [0.05, 0.1) is 18.1 Å². The summed E-state index contributed by atoms with van der Waals surface area (Å²) in [6.07, 6.45) is 0. The van der Waals surface area contributed by atoms with E-state index in [1.54, 1.807) is 23.5 Å². The van der Waals surface area contributed by atoms with E-state index in [9.17, 15) is 0 Å². The number of thioether (sulfide) groups is 1. The molecule has 4 rings (SSSR count). The molecule has 1 aliphatic rings. The van der Waals surface area contributed by atoms with Gasteiger partial charge in [-0.1, -0.05) is 23.4 Å². The van der Waals surface area contributed by atoms with Crippen molar-refractivity contribution < 1.29 is 4.74 Å². The highest BCUT2D eigenvalue weighted by Gasteiger charge is 2.26. The minimum atomic E-state index is 0.183. The Morgan fingerprint density at radius 2 is 1.68 bits per heavy atom. The van der Waals surface area contributed by atoms with Gasteiger partial charge in [-0.3, -0.25) is 0 Å². The third kappa shape index (κ3) is 3.03. The van der Waals surface area contributed by atoms with Gasteiger partial charge in [-0.05, 0) is 61.0 Å². The first-order valence-electron chi connectivity index (χ1n) is 7.77. The lowest BCUT2D eigenvalue weighted by Gasteiger charge is -2.20. The second-order valence-corrected chi connectivity index (χ2v) is 7.34. The number of methoxy groups -OCH3 is 1. The minimum Gasteiger partial charge on any atom is -0.497 e. The molecule has 2 heterocycles. The maximum absolute atomic E-state index is 5.98. The summed E-state index contributed by atoms with van der Waals surface area (Å²) < 4.78 is 7.03. The van der Waals surface area contributed by atoms with Crippen LogP contribution in [0.2, 0.25) is 5.02 Å². The van der Waals surface area contributed by atoms with Crippen molar-refractivity contribution >= 4 is 29.1 Å². The molecule has 25 heavy (non-hydrogen) atoms. The summed E-state index contributed by atoms with van der Waals surface area (Å²) >= 11 is 7.62. The molecule has 0 fully saturated rings. The highest BCUT2D eigenvalue weighted by atomic mass is 35.5. The van der Waals surface area contributed by atoms with Gasteiger partial charge in [-0.2, -0.15) is 9.78 Å². The number of halogens is 1. The Morgan fingerprint density at radius 3 is 2.36 bits per heavy atom. The van der Waals surface area contributed by atoms with Crippen LogP contribution >= 0.6 is 23.4 Å². The van der Waals surface area contributed by atoms with Crippen molar-refractivity contribution in [3.8, 4) is 17.1 Å². The Kier molecular flexibility index (Phi) is 4.23. The van der Waals surface area contributed by atoms with Gasteiger partial charge in [0.1, 0.15) is 5.75 Å². The van der Waals surface area contributed by atoms with Crippen LogP contribution in [0.4, 0.5) is 0 Å². The molecule has 0 radical (unpaired) electrons. The molecule has 0 saturated heterocycles. The van der Waals surface area contributed by atoms with Gasteiger partial charge in [0, 0.05) is 10.6 Å². The van der Waals surface area contributed by atoms with Crippen molar-refractivity contribution in [1.29, 1.82) is 0 Å². The molecule has 0 amide bonds. The van der Waals surface area contributed by atoms with Crippen molar-refractivity contribution in [1.82, 2.24) is 14.9 Å². The first-order chi connectivity index (χ1) is 12.2. The van der Waals surface area contributed by atoms with E-state index in [-0.39, 0.29) is 5.25 Å². The fourth-order valence-corrected chi connectivity index (χ4v) is 3.72. The number of hydrogen-bond acceptors (Lipinski definition) is 5. The van der Waals surface area contributed by atoms with Crippen LogP contribution < -0.4 is 4.74 Å². The smallest absolute Gasteiger partial charge is 0.213 e. The first-order valence-corrected chi connectivity index (χ1v) is 9.03. The fraction of sp³-hybridized carbons (Fsp3) is 0.167. The number of nitrogens with zero attached hydrogens (tertiary/aromatic N) is 4. The normalized spacial score (nSPS) is 16.3. The van der Waals surface area contributed by atoms with Crippen molar-refractivity contribution in [2.45, 2.75) is 17.3 Å². The van der Waals surface area contributed by atoms with E-state index in [1.807, 2.05) is 48.5 Å². The molecule has 0 unspecified atom stereocenters. The number of rotatable bonds is 3. The predicted molar refractivity (Wildman–Crippen MR) is 101 cm³/mol. The molecule has 126 valence electrons. The second kappa shape index (κ2) is 6.54. The second-order valence-electron chi connectivity index (χ2n) is 5.60. The van der Waals surface area contributed by atoms with E-state index >= 15 is 0 Å². The summed E-state index contributed by atoms with van der Waals surface area (Å²) in [4.78, 5) is 0. The van der Waals surface area contributed by atoms with Crippen molar-refractivity contribution in [3.05, 3.63) is 59.1 Å². The quantitative estimate of drug-likeness (QED) is 0.687. The number of benzene rings is 2. The summed E-state index contributed by atoms with van der Waals surface area (Å²) in [7, 11) is 1.66. The zero-order chi connectivity index (χ0) is 17.4. The number of aromatic nitrogens is 3. The van der Waals surface area contributed by atoms with Gasteiger partial charge in [0.15, 0.2) is 5.82 Å². The zero-order valence-electron chi connectivity index (χ0n) is 13.7. The Bertz CT molecular complexity index is 935. The Labute approximate surface area is 154 Å². The van der Waals surface area contributed by atoms with Gasteiger partial charge in [-0.15, -0.1) is 10.2 Å². The Balaban J connectivity index is 1.78. The molecule has 2 aromatic carbocycles. The van der Waals surface area contributed by atoms with E-state index in [0.29, 0.717) is 10.8 Å². The van der Waals surface area contributed by atoms with Crippen molar-refractivity contribution in [2.24, 2.45) is 5.10 Å². The van der Waals surface area contributed by atoms with Crippen LogP contribution in [0.5, 0.6) is 5.75 Å². The lowest BCUT2D eigenvalue weighted by molar-refractivity contribution is 0.415. The van der Waals surface area contributed by atoms with Crippen LogP contribution in [0.15, 0.2) is 58.8 Å². The van der Waals surface area contributed by atoms with Gasteiger partial charge >= 0.3 is 0 Å². The van der Waals surface area contributed by atoms with Gasteiger partial charge in [0.25, 0.3) is 0 Å². The minimum absolute atomic E-state index is 0.183. The SMILES string of the molecule is COc1ccc(C2=Nn3c(nnc3-c3ccc(Cl)cc3)S[C@H]2C)cc1. The van der Waals surface area contributed by atoms with Crippen molar-refractivity contribution in [3.63, 3.8) is 0 Å². The van der Waals surface area contributed by atoms with Crippen LogP contribution in [-0.4, -0.2) is 32.9 Å². The van der Waals surface area contributed by atoms with Crippen molar-refractivity contribution in [2.75, 3.05) is 7.11 Å². The molecule has 5 nitrogen and oxygen atoms in total. The van der Waals surface area contributed by atoms with E-state index in [0.717, 1.165) is 27.7 Å². The van der Waals surface area contributed by atoms with E-state index in [1.165, 1.54) is 0 Å². The monoisotopic (exact) mass is 370 g/mol. The fourth-order valence-electron chi connectivity index (χ4n) is 2.67. The molecule has 0 saturated carbocycles. The van der Waals surface area contributed by atoms with Crippen LogP contribution in [0.1, 0.15) is 12.5 Å². The largest absolute Gasteiger partial charge is 0.497 e. The summed E-state index contributed by atoms with van der Waals surface area (Å²) in [6, 6.07) is 15.4. The zero-order valence-corrected chi connectivity index (χ0v) is 15.3. The maximum atomic E-state index is 5.98. The molecule has 1 aromatic heterocycles. The molecular formula is C18H15ClN4OS. The molecular weight excluding hydrogens is 356 g/mol. The highest BCUT2D eigenvalue weighted by Crippen LogP contribution is 2.33. The van der Waals surface area contributed by atoms with Crippen LogP contribution in [0, 0.1) is 0 Å². The Hall–Kier alpha value is -2.31. The standard InChI is InChI=1S/C18H15ClN4OS/c1-11-16(12-5-9-15(24-2)10-6-12)22-23-17(20-21-18(23)25-11)13-3-7-14(19)8-4-13/h3-11H,1-2H3/t11-/m0/s1. The third-order valence-electron chi connectivity index (χ3n) is 3.98. The molecule has 0 N–H and O–H groups in total. The highest BCUT2D eigenvalue weighted by molar-refractivity contribution is 8.00. The van der Waals surface area contributed by atoms with E-state index in [4.69, 9.17) is 21.4 Å². The van der Waals surface area contributed by atoms with Crippen LogP contribution in [0.25, 0.3) is 11.4 Å². The predicted octanol–water partition coefficient (Wildman–Crippen LogP) is 4.35. The summed E-state index contributed by atoms with van der Waals surface area (Å²) in [5.74, 6) is 1.53. The summed E-state index contributed by atoms with van der Waals surface area (Å²) in [5.41, 5.74) is 2.97. The van der Waals surface area contributed by atoms with Gasteiger partial charge in [0.2, 0.25) is 5.16 Å². The van der Waals surface area contributed by atoms with Crippen LogP contribution in [-0.2, 0) is 0 Å². The summed E-state index contributed by atoms with van der Waals surface area (Å²) in [6.45, 7) is 2.12. The number of hydrogen-bond donors (Lipinski definition) is 0. The molecule has 1 atom stereocenters. The average Bonchev–Trinajstić information content (AvgIpc) is 3.04. The first kappa shape index (κ1) is 16.2. The molecule has 3 aromatic rings. The average molecular weight is 371 g/mol.